The largest absolute Gasteiger partial charge is 0.486 e. The monoisotopic (exact) mass is 271 g/mol. The highest BCUT2D eigenvalue weighted by molar-refractivity contribution is 6.31. The van der Waals surface area contributed by atoms with E-state index in [1.165, 1.54) is 0 Å². The van der Waals surface area contributed by atoms with E-state index in [4.69, 9.17) is 22.1 Å². The third-order valence-electron chi connectivity index (χ3n) is 2.49. The van der Waals surface area contributed by atoms with Crippen LogP contribution in [0.3, 0.4) is 0 Å². The number of halogens is 1. The minimum absolute atomic E-state index is 0.0529. The quantitative estimate of drug-likeness (QED) is 0.792. The smallest absolute Gasteiger partial charge is 0.172 e. The SMILES string of the molecule is Cc1cc(OCC(=O)C[C@@H](O)CCN)ccc1Cl. The molecule has 1 atom stereocenters. The van der Waals surface area contributed by atoms with Crippen molar-refractivity contribution in [2.45, 2.75) is 25.9 Å². The Labute approximate surface area is 112 Å². The van der Waals surface area contributed by atoms with E-state index in [9.17, 15) is 9.90 Å². The average molecular weight is 272 g/mol. The van der Waals surface area contributed by atoms with E-state index in [0.29, 0.717) is 23.7 Å². The average Bonchev–Trinajstić information content (AvgIpc) is 2.31. The molecule has 4 nitrogen and oxygen atoms in total. The number of carbonyl (C=O) groups excluding carboxylic acids is 1. The molecule has 0 aliphatic rings. The first-order valence-corrected chi connectivity index (χ1v) is 6.19. The van der Waals surface area contributed by atoms with E-state index in [1.807, 2.05) is 6.92 Å². The molecule has 1 aromatic rings. The molecule has 5 heteroatoms. The van der Waals surface area contributed by atoms with Crippen LogP contribution >= 0.6 is 11.6 Å². The fourth-order valence-electron chi connectivity index (χ4n) is 1.49. The summed E-state index contributed by atoms with van der Waals surface area (Å²) in [6.07, 6.45) is -0.187. The van der Waals surface area contributed by atoms with Gasteiger partial charge in [0.15, 0.2) is 5.78 Å². The second-order valence-electron chi connectivity index (χ2n) is 4.17. The van der Waals surface area contributed by atoms with Crippen molar-refractivity contribution in [2.75, 3.05) is 13.2 Å². The van der Waals surface area contributed by atoms with Gasteiger partial charge in [0.05, 0.1) is 6.10 Å². The number of rotatable bonds is 7. The number of aliphatic hydroxyl groups is 1. The summed E-state index contributed by atoms with van der Waals surface area (Å²) in [5, 5.41) is 10.1. The molecule has 18 heavy (non-hydrogen) atoms. The highest BCUT2D eigenvalue weighted by Crippen LogP contribution is 2.21. The highest BCUT2D eigenvalue weighted by Gasteiger charge is 2.11. The molecule has 0 saturated carbocycles. The van der Waals surface area contributed by atoms with Gasteiger partial charge in [-0.05, 0) is 43.7 Å². The summed E-state index contributed by atoms with van der Waals surface area (Å²) < 4.78 is 5.33. The fraction of sp³-hybridized carbons (Fsp3) is 0.462. The van der Waals surface area contributed by atoms with Crippen molar-refractivity contribution in [2.24, 2.45) is 5.73 Å². The second-order valence-corrected chi connectivity index (χ2v) is 4.58. The minimum atomic E-state index is -0.682. The number of aliphatic hydroxyl groups excluding tert-OH is 1. The molecule has 0 spiro atoms. The Bertz CT molecular complexity index is 409. The molecule has 0 aliphatic heterocycles. The Hall–Kier alpha value is -1.10. The fourth-order valence-corrected chi connectivity index (χ4v) is 1.60. The van der Waals surface area contributed by atoms with Gasteiger partial charge in [-0.1, -0.05) is 11.6 Å². The second kappa shape index (κ2) is 7.36. The summed E-state index contributed by atoms with van der Waals surface area (Å²) in [7, 11) is 0. The number of ketones is 1. The van der Waals surface area contributed by atoms with Crippen molar-refractivity contribution in [1.29, 1.82) is 0 Å². The van der Waals surface area contributed by atoms with Gasteiger partial charge in [0.2, 0.25) is 0 Å². The zero-order chi connectivity index (χ0) is 13.5. The maximum Gasteiger partial charge on any atom is 0.172 e. The number of carbonyl (C=O) groups is 1. The number of hydrogen-bond acceptors (Lipinski definition) is 4. The van der Waals surface area contributed by atoms with E-state index in [1.54, 1.807) is 18.2 Å². The summed E-state index contributed by atoms with van der Waals surface area (Å²) in [5.41, 5.74) is 6.18. The molecule has 0 fully saturated rings. The first kappa shape index (κ1) is 15.0. The van der Waals surface area contributed by atoms with E-state index in [2.05, 4.69) is 0 Å². The molecule has 0 saturated heterocycles. The first-order valence-electron chi connectivity index (χ1n) is 5.81. The normalized spacial score (nSPS) is 12.2. The zero-order valence-electron chi connectivity index (χ0n) is 10.4. The summed E-state index contributed by atoms with van der Waals surface area (Å²) in [4.78, 5) is 11.5. The van der Waals surface area contributed by atoms with Crippen LogP contribution in [-0.4, -0.2) is 30.1 Å². The van der Waals surface area contributed by atoms with Gasteiger partial charge in [-0.15, -0.1) is 0 Å². The standard InChI is InChI=1S/C13H18ClNO3/c1-9-6-12(2-3-13(9)14)18-8-11(17)7-10(16)4-5-15/h2-3,6,10,16H,4-5,7-8,15H2,1H3/t10-/m0/s1. The highest BCUT2D eigenvalue weighted by atomic mass is 35.5. The predicted molar refractivity (Wildman–Crippen MR) is 71.0 cm³/mol. The molecule has 0 aromatic heterocycles. The third-order valence-corrected chi connectivity index (χ3v) is 2.92. The number of Topliss-reactive ketones (excluding diaryl/α,β-unsaturated/α-hetero) is 1. The molecule has 0 aliphatic carbocycles. The molecule has 0 unspecified atom stereocenters. The summed E-state index contributed by atoms with van der Waals surface area (Å²) in [5.74, 6) is 0.446. The third kappa shape index (κ3) is 5.04. The molecule has 0 radical (unpaired) electrons. The minimum Gasteiger partial charge on any atom is -0.486 e. The predicted octanol–water partition coefficient (Wildman–Crippen LogP) is 1.70. The van der Waals surface area contributed by atoms with Crippen LogP contribution in [0.25, 0.3) is 0 Å². The van der Waals surface area contributed by atoms with Gasteiger partial charge in [-0.25, -0.2) is 0 Å². The lowest BCUT2D eigenvalue weighted by Crippen LogP contribution is -2.21. The topological polar surface area (TPSA) is 72.5 Å². The van der Waals surface area contributed by atoms with Crippen LogP contribution in [0.5, 0.6) is 5.75 Å². The number of aryl methyl sites for hydroxylation is 1. The summed E-state index contributed by atoms with van der Waals surface area (Å²) in [6, 6.07) is 5.20. The lowest BCUT2D eigenvalue weighted by molar-refractivity contribution is -0.122. The Kier molecular flexibility index (Phi) is 6.12. The van der Waals surface area contributed by atoms with E-state index >= 15 is 0 Å². The van der Waals surface area contributed by atoms with Gasteiger partial charge in [0.25, 0.3) is 0 Å². The maximum absolute atomic E-state index is 11.5. The van der Waals surface area contributed by atoms with Crippen molar-refractivity contribution < 1.29 is 14.6 Å². The van der Waals surface area contributed by atoms with Gasteiger partial charge in [-0.2, -0.15) is 0 Å². The van der Waals surface area contributed by atoms with E-state index < -0.39 is 6.10 Å². The molecule has 0 amide bonds. The van der Waals surface area contributed by atoms with Crippen molar-refractivity contribution in [1.82, 2.24) is 0 Å². The maximum atomic E-state index is 11.5. The van der Waals surface area contributed by atoms with Gasteiger partial charge in [0, 0.05) is 11.4 Å². The number of hydrogen-bond donors (Lipinski definition) is 2. The Morgan fingerprint density at radius 1 is 1.56 bits per heavy atom. The van der Waals surface area contributed by atoms with Gasteiger partial charge >= 0.3 is 0 Å². The van der Waals surface area contributed by atoms with Crippen LogP contribution < -0.4 is 10.5 Å². The van der Waals surface area contributed by atoms with Gasteiger partial charge in [0.1, 0.15) is 12.4 Å². The molecule has 100 valence electrons. The Morgan fingerprint density at radius 2 is 2.28 bits per heavy atom. The van der Waals surface area contributed by atoms with Crippen molar-refractivity contribution in [3.05, 3.63) is 28.8 Å². The van der Waals surface area contributed by atoms with Crippen LogP contribution in [0.2, 0.25) is 5.02 Å². The summed E-state index contributed by atoms with van der Waals surface area (Å²) >= 11 is 5.88. The van der Waals surface area contributed by atoms with E-state index in [-0.39, 0.29) is 18.8 Å². The number of nitrogens with two attached hydrogens (primary N) is 1. The van der Waals surface area contributed by atoms with Crippen molar-refractivity contribution in [3.63, 3.8) is 0 Å². The molecular weight excluding hydrogens is 254 g/mol. The Morgan fingerprint density at radius 3 is 2.89 bits per heavy atom. The molecule has 0 bridgehead atoms. The molecular formula is C13H18ClNO3. The molecule has 1 aromatic carbocycles. The van der Waals surface area contributed by atoms with Crippen LogP contribution in [0.15, 0.2) is 18.2 Å². The van der Waals surface area contributed by atoms with Crippen LogP contribution in [-0.2, 0) is 4.79 Å². The van der Waals surface area contributed by atoms with Gasteiger partial charge in [-0.3, -0.25) is 4.79 Å². The van der Waals surface area contributed by atoms with Crippen LogP contribution in [0.4, 0.5) is 0 Å². The van der Waals surface area contributed by atoms with Crippen LogP contribution in [0, 0.1) is 6.92 Å². The molecule has 3 N–H and O–H groups in total. The van der Waals surface area contributed by atoms with Gasteiger partial charge < -0.3 is 15.6 Å². The Balaban J connectivity index is 2.40. The lowest BCUT2D eigenvalue weighted by atomic mass is 10.1. The van der Waals surface area contributed by atoms with Crippen molar-refractivity contribution >= 4 is 17.4 Å². The number of ether oxygens (including phenoxy) is 1. The van der Waals surface area contributed by atoms with E-state index in [0.717, 1.165) is 5.56 Å². The molecule has 1 rings (SSSR count). The number of benzene rings is 1. The molecule has 0 heterocycles. The summed E-state index contributed by atoms with van der Waals surface area (Å²) in [6.45, 7) is 2.18. The first-order chi connectivity index (χ1) is 8.52. The zero-order valence-corrected chi connectivity index (χ0v) is 11.1. The lowest BCUT2D eigenvalue weighted by Gasteiger charge is -2.10. The van der Waals surface area contributed by atoms with Crippen molar-refractivity contribution in [3.8, 4) is 5.75 Å². The van der Waals surface area contributed by atoms with Crippen LogP contribution in [0.1, 0.15) is 18.4 Å².